The largest absolute Gasteiger partial charge is 0.508 e. The van der Waals surface area contributed by atoms with Crippen molar-refractivity contribution in [1.29, 1.82) is 0 Å². The second-order valence-electron chi connectivity index (χ2n) is 6.91. The molecule has 2 heteroatoms. The van der Waals surface area contributed by atoms with E-state index in [0.29, 0.717) is 17.8 Å². The number of benzene rings is 1. The van der Waals surface area contributed by atoms with Crippen molar-refractivity contribution < 1.29 is 5.11 Å². The van der Waals surface area contributed by atoms with E-state index < -0.39 is 0 Å². The van der Waals surface area contributed by atoms with Crippen LogP contribution in [0.2, 0.25) is 0 Å². The number of phenols is 1. The van der Waals surface area contributed by atoms with Crippen LogP contribution in [-0.4, -0.2) is 11.1 Å². The van der Waals surface area contributed by atoms with Crippen LogP contribution in [0.1, 0.15) is 58.6 Å². The third-order valence-electron chi connectivity index (χ3n) is 4.88. The summed E-state index contributed by atoms with van der Waals surface area (Å²) in [5.41, 5.74) is 1.25. The van der Waals surface area contributed by atoms with E-state index in [4.69, 9.17) is 0 Å². The number of phenolic OH excluding ortho intramolecular Hbond substituents is 1. The van der Waals surface area contributed by atoms with E-state index >= 15 is 0 Å². The highest BCUT2D eigenvalue weighted by Crippen LogP contribution is 2.34. The molecule has 2 rings (SSSR count). The molecule has 1 aliphatic carbocycles. The number of rotatable bonds is 4. The molecule has 2 N–H and O–H groups in total. The molecular weight excluding hydrogens is 246 g/mol. The van der Waals surface area contributed by atoms with Crippen LogP contribution in [0.5, 0.6) is 5.75 Å². The number of aromatic hydroxyl groups is 1. The second kappa shape index (κ2) is 6.62. The molecule has 4 unspecified atom stereocenters. The van der Waals surface area contributed by atoms with Crippen LogP contribution >= 0.6 is 0 Å². The lowest BCUT2D eigenvalue weighted by Crippen LogP contribution is -2.43. The number of nitrogens with one attached hydrogen (secondary N) is 1. The molecule has 0 heterocycles. The fraction of sp³-hybridized carbons (Fsp3) is 0.667. The van der Waals surface area contributed by atoms with Crippen LogP contribution in [-0.2, 0) is 0 Å². The molecule has 1 aromatic carbocycles. The molecule has 0 radical (unpaired) electrons. The predicted octanol–water partition coefficient (Wildman–Crippen LogP) is 4.50. The van der Waals surface area contributed by atoms with E-state index in [1.54, 1.807) is 12.1 Å². The molecule has 0 saturated heterocycles. The Bertz CT molecular complexity index is 412. The summed E-state index contributed by atoms with van der Waals surface area (Å²) in [6.45, 7) is 9.29. The van der Waals surface area contributed by atoms with Crippen LogP contribution in [0.15, 0.2) is 24.3 Å². The first-order valence-electron chi connectivity index (χ1n) is 8.02. The molecule has 1 aliphatic rings. The summed E-state index contributed by atoms with van der Waals surface area (Å²) >= 11 is 0. The number of hydrogen-bond acceptors (Lipinski definition) is 2. The lowest BCUT2D eigenvalue weighted by Gasteiger charge is -2.39. The van der Waals surface area contributed by atoms with E-state index in [1.807, 2.05) is 12.1 Å². The van der Waals surface area contributed by atoms with Crippen LogP contribution in [0.25, 0.3) is 0 Å². The molecule has 0 spiro atoms. The molecule has 1 aromatic rings. The Morgan fingerprint density at radius 3 is 2.35 bits per heavy atom. The topological polar surface area (TPSA) is 32.3 Å². The van der Waals surface area contributed by atoms with E-state index in [-0.39, 0.29) is 0 Å². The highest BCUT2D eigenvalue weighted by atomic mass is 16.3. The maximum atomic E-state index is 9.39. The average molecular weight is 275 g/mol. The third kappa shape index (κ3) is 3.76. The molecular formula is C18H29NO. The Morgan fingerprint density at radius 1 is 1.10 bits per heavy atom. The zero-order valence-electron chi connectivity index (χ0n) is 13.3. The van der Waals surface area contributed by atoms with Gasteiger partial charge in [0.15, 0.2) is 0 Å². The van der Waals surface area contributed by atoms with Gasteiger partial charge in [0, 0.05) is 12.1 Å². The lowest BCUT2D eigenvalue weighted by molar-refractivity contribution is 0.161. The number of hydrogen-bond donors (Lipinski definition) is 2. The Balaban J connectivity index is 2.03. The zero-order chi connectivity index (χ0) is 14.7. The summed E-state index contributed by atoms with van der Waals surface area (Å²) in [6.07, 6.45) is 4.00. The monoisotopic (exact) mass is 275 g/mol. The molecule has 20 heavy (non-hydrogen) atoms. The van der Waals surface area contributed by atoms with Crippen molar-refractivity contribution in [3.05, 3.63) is 29.8 Å². The van der Waals surface area contributed by atoms with Gasteiger partial charge in [0.05, 0.1) is 0 Å². The van der Waals surface area contributed by atoms with Gasteiger partial charge in [0.2, 0.25) is 0 Å². The minimum absolute atomic E-state index is 0.340. The first-order chi connectivity index (χ1) is 9.47. The van der Waals surface area contributed by atoms with Crippen molar-refractivity contribution in [2.45, 2.75) is 59.0 Å². The normalized spacial score (nSPS) is 28.6. The predicted molar refractivity (Wildman–Crippen MR) is 84.8 cm³/mol. The Morgan fingerprint density at radius 2 is 1.75 bits per heavy atom. The molecule has 4 atom stereocenters. The van der Waals surface area contributed by atoms with Gasteiger partial charge in [-0.05, 0) is 55.2 Å². The molecule has 0 bridgehead atoms. The van der Waals surface area contributed by atoms with Gasteiger partial charge in [0.25, 0.3) is 0 Å². The maximum Gasteiger partial charge on any atom is 0.115 e. The van der Waals surface area contributed by atoms with Crippen molar-refractivity contribution in [1.82, 2.24) is 5.32 Å². The summed E-state index contributed by atoms with van der Waals surface area (Å²) in [4.78, 5) is 0. The summed E-state index contributed by atoms with van der Waals surface area (Å²) in [5, 5.41) is 13.2. The Hall–Kier alpha value is -1.02. The van der Waals surface area contributed by atoms with Crippen molar-refractivity contribution in [3.8, 4) is 5.75 Å². The molecule has 0 aliphatic heterocycles. The first-order valence-corrected chi connectivity index (χ1v) is 8.02. The lowest BCUT2D eigenvalue weighted by atomic mass is 9.73. The van der Waals surface area contributed by atoms with Crippen molar-refractivity contribution >= 4 is 0 Å². The van der Waals surface area contributed by atoms with Gasteiger partial charge >= 0.3 is 0 Å². The standard InChI is InChI=1S/C18H29NO/c1-12(2)17-10-5-13(3)11-18(17)19-14(4)15-6-8-16(20)9-7-15/h6-9,12-14,17-20H,5,10-11H2,1-4H3. The van der Waals surface area contributed by atoms with Gasteiger partial charge in [-0.2, -0.15) is 0 Å². The van der Waals surface area contributed by atoms with Gasteiger partial charge in [0.1, 0.15) is 5.75 Å². The molecule has 1 saturated carbocycles. The second-order valence-corrected chi connectivity index (χ2v) is 6.91. The maximum absolute atomic E-state index is 9.39. The first kappa shape index (κ1) is 15.4. The third-order valence-corrected chi connectivity index (χ3v) is 4.88. The average Bonchev–Trinajstić information content (AvgIpc) is 2.39. The summed E-state index contributed by atoms with van der Waals surface area (Å²) < 4.78 is 0. The molecule has 0 amide bonds. The van der Waals surface area contributed by atoms with E-state index in [9.17, 15) is 5.11 Å². The molecule has 0 aromatic heterocycles. The summed E-state index contributed by atoms with van der Waals surface area (Å²) in [7, 11) is 0. The Kier molecular flexibility index (Phi) is 5.09. The van der Waals surface area contributed by atoms with Crippen molar-refractivity contribution in [3.63, 3.8) is 0 Å². The van der Waals surface area contributed by atoms with Gasteiger partial charge in [-0.3, -0.25) is 0 Å². The fourth-order valence-electron chi connectivity index (χ4n) is 3.57. The SMILES string of the molecule is CC1CCC(C(C)C)C(NC(C)c2ccc(O)cc2)C1. The smallest absolute Gasteiger partial charge is 0.115 e. The van der Waals surface area contributed by atoms with Crippen LogP contribution in [0, 0.1) is 17.8 Å². The van der Waals surface area contributed by atoms with Crippen LogP contribution < -0.4 is 5.32 Å². The zero-order valence-corrected chi connectivity index (χ0v) is 13.3. The van der Waals surface area contributed by atoms with Gasteiger partial charge in [-0.25, -0.2) is 0 Å². The van der Waals surface area contributed by atoms with Crippen LogP contribution in [0.4, 0.5) is 0 Å². The quantitative estimate of drug-likeness (QED) is 0.847. The summed E-state index contributed by atoms with van der Waals surface area (Å²) in [5.74, 6) is 2.69. The minimum atomic E-state index is 0.340. The Labute approximate surface area is 123 Å². The molecule has 2 nitrogen and oxygen atoms in total. The van der Waals surface area contributed by atoms with Gasteiger partial charge in [-0.1, -0.05) is 39.3 Å². The highest BCUT2D eigenvalue weighted by Gasteiger charge is 2.31. The van der Waals surface area contributed by atoms with Gasteiger partial charge in [-0.15, -0.1) is 0 Å². The van der Waals surface area contributed by atoms with E-state index in [2.05, 4.69) is 33.0 Å². The van der Waals surface area contributed by atoms with Crippen molar-refractivity contribution in [2.75, 3.05) is 0 Å². The summed E-state index contributed by atoms with van der Waals surface area (Å²) in [6, 6.07) is 8.54. The van der Waals surface area contributed by atoms with Crippen LogP contribution in [0.3, 0.4) is 0 Å². The van der Waals surface area contributed by atoms with E-state index in [1.165, 1.54) is 24.8 Å². The molecule has 112 valence electrons. The fourth-order valence-corrected chi connectivity index (χ4v) is 3.57. The van der Waals surface area contributed by atoms with E-state index in [0.717, 1.165) is 17.8 Å². The highest BCUT2D eigenvalue weighted by molar-refractivity contribution is 5.27. The van der Waals surface area contributed by atoms with Gasteiger partial charge < -0.3 is 10.4 Å². The minimum Gasteiger partial charge on any atom is -0.508 e. The van der Waals surface area contributed by atoms with Crippen molar-refractivity contribution in [2.24, 2.45) is 17.8 Å². The molecule has 1 fully saturated rings.